The molecule has 0 aliphatic heterocycles. The van der Waals surface area contributed by atoms with Crippen LogP contribution in [0.3, 0.4) is 0 Å². The fraction of sp³-hybridized carbons (Fsp3) is 0.667. The standard InChI is InChI=1S/C18H32N2O/c1-6-7-8-11-20(14(2)3)13-17-12-16(15(4)19)9-10-18(17)21-5/h9-10,12,14-15H,6-8,11,13,19H2,1-5H3. The molecule has 3 heteroatoms. The lowest BCUT2D eigenvalue weighted by Crippen LogP contribution is -2.31. The van der Waals surface area contributed by atoms with Gasteiger partial charge in [-0.3, -0.25) is 4.90 Å². The third-order valence-electron chi connectivity index (χ3n) is 3.98. The lowest BCUT2D eigenvalue weighted by molar-refractivity contribution is 0.206. The first-order chi connectivity index (χ1) is 9.99. The van der Waals surface area contributed by atoms with E-state index in [1.54, 1.807) is 7.11 Å². The second kappa shape index (κ2) is 9.06. The molecule has 0 amide bonds. The van der Waals surface area contributed by atoms with Gasteiger partial charge in [-0.25, -0.2) is 0 Å². The molecule has 0 saturated heterocycles. The molecule has 0 fully saturated rings. The molecule has 1 aromatic carbocycles. The van der Waals surface area contributed by atoms with Crippen molar-refractivity contribution in [1.82, 2.24) is 4.90 Å². The molecule has 2 N–H and O–H groups in total. The van der Waals surface area contributed by atoms with E-state index in [2.05, 4.69) is 37.8 Å². The zero-order valence-corrected chi connectivity index (χ0v) is 14.4. The predicted molar refractivity (Wildman–Crippen MR) is 90.7 cm³/mol. The van der Waals surface area contributed by atoms with Crippen LogP contribution in [0.15, 0.2) is 18.2 Å². The summed E-state index contributed by atoms with van der Waals surface area (Å²) < 4.78 is 5.52. The Bertz CT molecular complexity index is 416. The number of rotatable bonds is 9. The molecule has 0 radical (unpaired) electrons. The first-order valence-corrected chi connectivity index (χ1v) is 8.16. The molecule has 0 spiro atoms. The Labute approximate surface area is 130 Å². The van der Waals surface area contributed by atoms with Crippen LogP contribution in [0.25, 0.3) is 0 Å². The number of hydrogen-bond acceptors (Lipinski definition) is 3. The summed E-state index contributed by atoms with van der Waals surface area (Å²) in [5.41, 5.74) is 8.41. The highest BCUT2D eigenvalue weighted by Gasteiger charge is 2.14. The maximum atomic E-state index is 6.01. The molecule has 3 nitrogen and oxygen atoms in total. The van der Waals surface area contributed by atoms with E-state index in [1.165, 1.54) is 30.4 Å². The van der Waals surface area contributed by atoms with Crippen molar-refractivity contribution in [3.05, 3.63) is 29.3 Å². The van der Waals surface area contributed by atoms with Crippen molar-refractivity contribution in [3.8, 4) is 5.75 Å². The Balaban J connectivity index is 2.87. The SMILES string of the molecule is CCCCCN(Cc1cc(C(C)N)ccc1OC)C(C)C. The van der Waals surface area contributed by atoms with Gasteiger partial charge in [0.1, 0.15) is 5.75 Å². The van der Waals surface area contributed by atoms with Crippen molar-refractivity contribution < 1.29 is 4.74 Å². The minimum Gasteiger partial charge on any atom is -0.496 e. The molecule has 21 heavy (non-hydrogen) atoms. The van der Waals surface area contributed by atoms with Crippen molar-refractivity contribution in [2.45, 2.75) is 65.6 Å². The van der Waals surface area contributed by atoms with Gasteiger partial charge >= 0.3 is 0 Å². The fourth-order valence-electron chi connectivity index (χ4n) is 2.51. The topological polar surface area (TPSA) is 38.5 Å². The van der Waals surface area contributed by atoms with Gasteiger partial charge in [-0.2, -0.15) is 0 Å². The third-order valence-corrected chi connectivity index (χ3v) is 3.98. The van der Waals surface area contributed by atoms with E-state index < -0.39 is 0 Å². The Morgan fingerprint density at radius 3 is 2.43 bits per heavy atom. The van der Waals surface area contributed by atoms with E-state index >= 15 is 0 Å². The minimum absolute atomic E-state index is 0.0576. The van der Waals surface area contributed by atoms with Gasteiger partial charge in [0.2, 0.25) is 0 Å². The summed E-state index contributed by atoms with van der Waals surface area (Å²) >= 11 is 0. The molecule has 120 valence electrons. The van der Waals surface area contributed by atoms with Gasteiger partial charge in [0, 0.05) is 24.2 Å². The van der Waals surface area contributed by atoms with Crippen LogP contribution in [0.4, 0.5) is 0 Å². The van der Waals surface area contributed by atoms with Crippen molar-refractivity contribution in [2.75, 3.05) is 13.7 Å². The largest absolute Gasteiger partial charge is 0.496 e. The summed E-state index contributed by atoms with van der Waals surface area (Å²) in [4.78, 5) is 2.51. The average Bonchev–Trinajstić information content (AvgIpc) is 2.45. The zero-order chi connectivity index (χ0) is 15.8. The molecule has 1 rings (SSSR count). The maximum absolute atomic E-state index is 6.01. The first-order valence-electron chi connectivity index (χ1n) is 8.16. The summed E-state index contributed by atoms with van der Waals surface area (Å²) in [6.45, 7) is 10.8. The van der Waals surface area contributed by atoms with Crippen LogP contribution < -0.4 is 10.5 Å². The predicted octanol–water partition coefficient (Wildman–Crippen LogP) is 4.12. The van der Waals surface area contributed by atoms with Crippen molar-refractivity contribution >= 4 is 0 Å². The van der Waals surface area contributed by atoms with Crippen LogP contribution in [-0.2, 0) is 6.54 Å². The normalized spacial score (nSPS) is 13.0. The monoisotopic (exact) mass is 292 g/mol. The van der Waals surface area contributed by atoms with E-state index in [0.717, 1.165) is 18.8 Å². The molecule has 1 aromatic rings. The Kier molecular flexibility index (Phi) is 7.76. The maximum Gasteiger partial charge on any atom is 0.123 e. The smallest absolute Gasteiger partial charge is 0.123 e. The molecule has 0 bridgehead atoms. The summed E-state index contributed by atoms with van der Waals surface area (Å²) in [5.74, 6) is 0.959. The van der Waals surface area contributed by atoms with E-state index in [4.69, 9.17) is 10.5 Å². The minimum atomic E-state index is 0.0576. The van der Waals surface area contributed by atoms with Crippen molar-refractivity contribution in [1.29, 1.82) is 0 Å². The highest BCUT2D eigenvalue weighted by molar-refractivity contribution is 5.38. The summed E-state index contributed by atoms with van der Waals surface area (Å²) in [6, 6.07) is 6.88. The molecule has 0 aliphatic rings. The van der Waals surface area contributed by atoms with Gasteiger partial charge in [0.25, 0.3) is 0 Å². The van der Waals surface area contributed by atoms with E-state index in [9.17, 15) is 0 Å². The molecule has 0 aromatic heterocycles. The van der Waals surface area contributed by atoms with E-state index in [-0.39, 0.29) is 6.04 Å². The Morgan fingerprint density at radius 1 is 1.19 bits per heavy atom. The lowest BCUT2D eigenvalue weighted by Gasteiger charge is -2.27. The zero-order valence-electron chi connectivity index (χ0n) is 14.4. The average molecular weight is 292 g/mol. The van der Waals surface area contributed by atoms with Crippen LogP contribution in [0.2, 0.25) is 0 Å². The summed E-state index contributed by atoms with van der Waals surface area (Å²) in [7, 11) is 1.74. The fourth-order valence-corrected chi connectivity index (χ4v) is 2.51. The second-order valence-corrected chi connectivity index (χ2v) is 6.13. The molecular formula is C18H32N2O. The van der Waals surface area contributed by atoms with Crippen molar-refractivity contribution in [2.24, 2.45) is 5.73 Å². The van der Waals surface area contributed by atoms with Gasteiger partial charge in [0.05, 0.1) is 7.11 Å². The second-order valence-electron chi connectivity index (χ2n) is 6.13. The van der Waals surface area contributed by atoms with Gasteiger partial charge in [0.15, 0.2) is 0 Å². The van der Waals surface area contributed by atoms with Gasteiger partial charge < -0.3 is 10.5 Å². The number of hydrogen-bond donors (Lipinski definition) is 1. The van der Waals surface area contributed by atoms with Gasteiger partial charge in [-0.15, -0.1) is 0 Å². The van der Waals surface area contributed by atoms with Crippen LogP contribution in [-0.4, -0.2) is 24.6 Å². The number of nitrogens with two attached hydrogens (primary N) is 1. The molecule has 0 aliphatic carbocycles. The number of nitrogens with zero attached hydrogens (tertiary/aromatic N) is 1. The number of unbranched alkanes of at least 4 members (excludes halogenated alkanes) is 2. The molecular weight excluding hydrogens is 260 g/mol. The van der Waals surface area contributed by atoms with Crippen LogP contribution in [0.1, 0.15) is 64.1 Å². The van der Waals surface area contributed by atoms with E-state index in [1.807, 2.05) is 13.0 Å². The third kappa shape index (κ3) is 5.68. The molecule has 1 atom stereocenters. The first kappa shape index (κ1) is 18.0. The lowest BCUT2D eigenvalue weighted by atomic mass is 10.0. The van der Waals surface area contributed by atoms with Crippen molar-refractivity contribution in [3.63, 3.8) is 0 Å². The van der Waals surface area contributed by atoms with Crippen LogP contribution >= 0.6 is 0 Å². The van der Waals surface area contributed by atoms with E-state index in [0.29, 0.717) is 6.04 Å². The number of methoxy groups -OCH3 is 1. The quantitative estimate of drug-likeness (QED) is 0.696. The highest BCUT2D eigenvalue weighted by atomic mass is 16.5. The van der Waals surface area contributed by atoms with Crippen LogP contribution in [0.5, 0.6) is 5.75 Å². The number of ether oxygens (including phenoxy) is 1. The highest BCUT2D eigenvalue weighted by Crippen LogP contribution is 2.25. The van der Waals surface area contributed by atoms with Gasteiger partial charge in [-0.1, -0.05) is 25.8 Å². The molecule has 0 heterocycles. The molecule has 1 unspecified atom stereocenters. The summed E-state index contributed by atoms with van der Waals surface area (Å²) in [5, 5.41) is 0. The van der Waals surface area contributed by atoms with Crippen LogP contribution in [0, 0.1) is 0 Å². The Hall–Kier alpha value is -1.06. The van der Waals surface area contributed by atoms with Gasteiger partial charge in [-0.05, 0) is 51.4 Å². The Morgan fingerprint density at radius 2 is 1.90 bits per heavy atom. The summed E-state index contributed by atoms with van der Waals surface area (Å²) in [6.07, 6.45) is 3.81. The molecule has 0 saturated carbocycles. The number of benzene rings is 1.